The fourth-order valence-corrected chi connectivity index (χ4v) is 3.18. The fraction of sp³-hybridized carbons (Fsp3) is 0.217. The van der Waals surface area contributed by atoms with Crippen LogP contribution >= 0.6 is 11.6 Å². The molecular weight excluding hydrogens is 427 g/mol. The quantitative estimate of drug-likeness (QED) is 0.580. The lowest BCUT2D eigenvalue weighted by Crippen LogP contribution is -2.15. The van der Waals surface area contributed by atoms with Gasteiger partial charge in [0.15, 0.2) is 0 Å². The van der Waals surface area contributed by atoms with Gasteiger partial charge in [-0.3, -0.25) is 4.79 Å². The van der Waals surface area contributed by atoms with Crippen molar-refractivity contribution in [1.29, 1.82) is 0 Å². The van der Waals surface area contributed by atoms with Gasteiger partial charge in [-0.2, -0.15) is 13.2 Å². The number of halogens is 4. The molecule has 0 saturated heterocycles. The van der Waals surface area contributed by atoms with Crippen molar-refractivity contribution in [1.82, 2.24) is 5.32 Å². The van der Waals surface area contributed by atoms with Crippen LogP contribution in [0.1, 0.15) is 34.8 Å². The van der Waals surface area contributed by atoms with Crippen molar-refractivity contribution in [2.45, 2.75) is 26.1 Å². The molecule has 0 aliphatic carbocycles. The monoisotopic (exact) mass is 447 g/mol. The Hall–Kier alpha value is -3.06. The third kappa shape index (κ3) is 6.72. The number of carbonyl (C=O) groups is 1. The molecular formula is C23H21ClF3N3O. The number of hydrogen-bond donors (Lipinski definition) is 2. The summed E-state index contributed by atoms with van der Waals surface area (Å²) in [5.41, 5.74) is 0.406. The Morgan fingerprint density at radius 3 is 2.74 bits per heavy atom. The van der Waals surface area contributed by atoms with Crippen LogP contribution in [0.2, 0.25) is 0 Å². The summed E-state index contributed by atoms with van der Waals surface area (Å²) >= 11 is 6.06. The first-order valence-corrected chi connectivity index (χ1v) is 10.0. The van der Waals surface area contributed by atoms with Gasteiger partial charge in [-0.25, -0.2) is 4.99 Å². The van der Waals surface area contributed by atoms with Gasteiger partial charge in [0.1, 0.15) is 11.0 Å². The topological polar surface area (TPSA) is 53.5 Å². The van der Waals surface area contributed by atoms with Gasteiger partial charge in [-0.15, -0.1) is 0 Å². The Kier molecular flexibility index (Phi) is 7.17. The molecule has 2 aromatic carbocycles. The Morgan fingerprint density at radius 1 is 1.19 bits per heavy atom. The summed E-state index contributed by atoms with van der Waals surface area (Å²) in [7, 11) is 0. The molecule has 1 atom stereocenters. The zero-order chi connectivity index (χ0) is 22.4. The summed E-state index contributed by atoms with van der Waals surface area (Å²) in [6, 6.07) is 11.4. The van der Waals surface area contributed by atoms with Gasteiger partial charge in [0.05, 0.1) is 5.56 Å². The van der Waals surface area contributed by atoms with Gasteiger partial charge in [-0.05, 0) is 60.4 Å². The van der Waals surface area contributed by atoms with Crippen LogP contribution in [-0.2, 0) is 12.7 Å². The molecule has 1 unspecified atom stereocenters. The zero-order valence-electron chi connectivity index (χ0n) is 16.7. The van der Waals surface area contributed by atoms with Crippen molar-refractivity contribution in [3.63, 3.8) is 0 Å². The van der Waals surface area contributed by atoms with E-state index in [9.17, 15) is 18.0 Å². The van der Waals surface area contributed by atoms with E-state index in [0.717, 1.165) is 24.1 Å². The minimum atomic E-state index is -4.51. The van der Waals surface area contributed by atoms with E-state index >= 15 is 0 Å². The molecule has 4 nitrogen and oxygen atoms in total. The van der Waals surface area contributed by atoms with E-state index in [1.807, 2.05) is 18.2 Å². The maximum absolute atomic E-state index is 12.9. The first kappa shape index (κ1) is 22.6. The standard InChI is InChI=1S/C23H21ClF3N3O/c1-15-5-2-10-20(24)30-21(11-15)28-14-16-6-3-9-19(12-16)29-22(31)17-7-4-8-18(13-17)23(25,26)27/h2-4,6-13,15,28H,5,14H2,1H3,(H,29,31). The summed E-state index contributed by atoms with van der Waals surface area (Å²) < 4.78 is 38.6. The van der Waals surface area contributed by atoms with Gasteiger partial charge in [0, 0.05) is 17.8 Å². The van der Waals surface area contributed by atoms with Crippen molar-refractivity contribution < 1.29 is 18.0 Å². The van der Waals surface area contributed by atoms with Crippen LogP contribution in [0.25, 0.3) is 0 Å². The number of hydrogen-bond acceptors (Lipinski definition) is 3. The number of allylic oxidation sites excluding steroid dienone is 3. The van der Waals surface area contributed by atoms with E-state index in [0.29, 0.717) is 29.1 Å². The molecule has 2 N–H and O–H groups in total. The number of rotatable bonds is 5. The number of benzene rings is 2. The minimum absolute atomic E-state index is 0.0657. The van der Waals surface area contributed by atoms with Crippen molar-refractivity contribution >= 4 is 28.4 Å². The smallest absolute Gasteiger partial charge is 0.366 e. The minimum Gasteiger partial charge on any atom is -0.366 e. The molecule has 8 heteroatoms. The highest BCUT2D eigenvalue weighted by Crippen LogP contribution is 2.29. The molecule has 31 heavy (non-hydrogen) atoms. The van der Waals surface area contributed by atoms with E-state index in [1.165, 1.54) is 12.1 Å². The summed E-state index contributed by atoms with van der Waals surface area (Å²) in [6.45, 7) is 2.51. The largest absolute Gasteiger partial charge is 0.416 e. The van der Waals surface area contributed by atoms with Crippen LogP contribution in [0.4, 0.5) is 18.9 Å². The Morgan fingerprint density at radius 2 is 1.97 bits per heavy atom. The molecule has 1 aliphatic rings. The zero-order valence-corrected chi connectivity index (χ0v) is 17.5. The van der Waals surface area contributed by atoms with Crippen molar-refractivity contribution in [2.75, 3.05) is 5.32 Å². The Labute approximate surface area is 183 Å². The first-order valence-electron chi connectivity index (χ1n) is 9.64. The molecule has 3 rings (SSSR count). The number of carbonyl (C=O) groups excluding carboxylic acids is 1. The number of amides is 1. The molecule has 2 aromatic rings. The SMILES string of the molecule is CC1C=C(NCc2cccc(NC(=O)c3cccc(C(F)(F)F)c3)c2)N=C(Cl)C=CC1. The van der Waals surface area contributed by atoms with Crippen molar-refractivity contribution in [3.8, 4) is 0 Å². The van der Waals surface area contributed by atoms with E-state index in [4.69, 9.17) is 11.6 Å². The number of anilines is 1. The number of nitrogens with zero attached hydrogens (tertiary/aromatic N) is 1. The lowest BCUT2D eigenvalue weighted by molar-refractivity contribution is -0.137. The van der Waals surface area contributed by atoms with Crippen LogP contribution in [0.15, 0.2) is 77.6 Å². The average molecular weight is 448 g/mol. The first-order chi connectivity index (χ1) is 14.7. The van der Waals surface area contributed by atoms with E-state index in [1.54, 1.807) is 24.3 Å². The van der Waals surface area contributed by atoms with Gasteiger partial charge in [0.2, 0.25) is 0 Å². The fourth-order valence-electron chi connectivity index (χ4n) is 3.00. The molecule has 0 bridgehead atoms. The molecule has 1 amide bonds. The Balaban J connectivity index is 1.68. The van der Waals surface area contributed by atoms with E-state index < -0.39 is 17.6 Å². The maximum Gasteiger partial charge on any atom is 0.416 e. The van der Waals surface area contributed by atoms with Gasteiger partial charge in [0.25, 0.3) is 5.91 Å². The second-order valence-electron chi connectivity index (χ2n) is 7.19. The summed E-state index contributed by atoms with van der Waals surface area (Å²) in [5, 5.41) is 6.24. The number of aliphatic imine (C=N–C) groups is 1. The normalized spacial score (nSPS) is 16.6. The molecule has 0 saturated carbocycles. The summed E-state index contributed by atoms with van der Waals surface area (Å²) in [5.74, 6) is 0.335. The lowest BCUT2D eigenvalue weighted by Gasteiger charge is -2.13. The van der Waals surface area contributed by atoms with Crippen LogP contribution < -0.4 is 10.6 Å². The molecule has 1 heterocycles. The molecule has 162 valence electrons. The van der Waals surface area contributed by atoms with Crippen LogP contribution in [-0.4, -0.2) is 11.1 Å². The van der Waals surface area contributed by atoms with E-state index in [2.05, 4.69) is 22.5 Å². The lowest BCUT2D eigenvalue weighted by atomic mass is 10.1. The molecule has 0 aromatic heterocycles. The van der Waals surface area contributed by atoms with Crippen LogP contribution in [0.3, 0.4) is 0 Å². The number of nitrogens with one attached hydrogen (secondary N) is 2. The van der Waals surface area contributed by atoms with Crippen LogP contribution in [0, 0.1) is 5.92 Å². The van der Waals surface area contributed by atoms with Crippen LogP contribution in [0.5, 0.6) is 0 Å². The van der Waals surface area contributed by atoms with Gasteiger partial charge in [-0.1, -0.05) is 42.8 Å². The number of alkyl halides is 3. The predicted octanol–water partition coefficient (Wildman–Crippen LogP) is 6.12. The molecule has 0 fully saturated rings. The predicted molar refractivity (Wildman–Crippen MR) is 117 cm³/mol. The maximum atomic E-state index is 12.9. The second-order valence-corrected chi connectivity index (χ2v) is 7.58. The highest BCUT2D eigenvalue weighted by atomic mass is 35.5. The highest BCUT2D eigenvalue weighted by Gasteiger charge is 2.30. The third-order valence-electron chi connectivity index (χ3n) is 4.54. The summed E-state index contributed by atoms with van der Waals surface area (Å²) in [6.07, 6.45) is 2.07. The average Bonchev–Trinajstić information content (AvgIpc) is 2.70. The second kappa shape index (κ2) is 9.83. The molecule has 1 aliphatic heterocycles. The van der Waals surface area contributed by atoms with Gasteiger partial charge < -0.3 is 10.6 Å². The molecule has 0 radical (unpaired) electrons. The Bertz CT molecular complexity index is 1040. The van der Waals surface area contributed by atoms with Gasteiger partial charge >= 0.3 is 6.18 Å². The third-order valence-corrected chi connectivity index (χ3v) is 4.75. The van der Waals surface area contributed by atoms with Crippen molar-refractivity contribution in [2.24, 2.45) is 10.9 Å². The highest BCUT2D eigenvalue weighted by molar-refractivity contribution is 6.68. The molecule has 0 spiro atoms. The van der Waals surface area contributed by atoms with Crippen molar-refractivity contribution in [3.05, 3.63) is 89.3 Å². The van der Waals surface area contributed by atoms with E-state index in [-0.39, 0.29) is 5.56 Å². The summed E-state index contributed by atoms with van der Waals surface area (Å²) in [4.78, 5) is 16.7.